The molecule has 1 aromatic rings. The first-order chi connectivity index (χ1) is 11.2. The van der Waals surface area contributed by atoms with Gasteiger partial charge in [-0.3, -0.25) is 9.59 Å². The fourth-order valence-electron chi connectivity index (χ4n) is 3.19. The second kappa shape index (κ2) is 7.13. The van der Waals surface area contributed by atoms with Crippen LogP contribution in [0.2, 0.25) is 0 Å². The summed E-state index contributed by atoms with van der Waals surface area (Å²) in [4.78, 5) is 27.9. The lowest BCUT2D eigenvalue weighted by atomic mass is 9.94. The maximum Gasteiger partial charge on any atom is 0.227 e. The molecule has 2 aliphatic heterocycles. The number of benzene rings is 1. The Morgan fingerprint density at radius 1 is 1.22 bits per heavy atom. The minimum atomic E-state index is -0.0391. The third-order valence-electron chi connectivity index (χ3n) is 4.72. The van der Waals surface area contributed by atoms with Gasteiger partial charge in [-0.2, -0.15) is 0 Å². The number of hydrogen-bond donors (Lipinski definition) is 0. The van der Waals surface area contributed by atoms with Crippen LogP contribution < -0.4 is 0 Å². The second-order valence-electron chi connectivity index (χ2n) is 6.33. The molecule has 0 spiro atoms. The number of hydrogen-bond acceptors (Lipinski definition) is 3. The van der Waals surface area contributed by atoms with Crippen molar-refractivity contribution >= 4 is 11.8 Å². The highest BCUT2D eigenvalue weighted by Crippen LogP contribution is 2.23. The van der Waals surface area contributed by atoms with Gasteiger partial charge >= 0.3 is 0 Å². The highest BCUT2D eigenvalue weighted by atomic mass is 16.5. The summed E-state index contributed by atoms with van der Waals surface area (Å²) in [5.41, 5.74) is 1.15. The topological polar surface area (TPSA) is 49.9 Å². The highest BCUT2D eigenvalue weighted by molar-refractivity contribution is 5.84. The number of amides is 2. The number of carbonyl (C=O) groups excluding carboxylic acids is 2. The Morgan fingerprint density at radius 3 is 2.65 bits per heavy atom. The van der Waals surface area contributed by atoms with Gasteiger partial charge in [0.2, 0.25) is 11.8 Å². The van der Waals surface area contributed by atoms with Crippen molar-refractivity contribution in [2.75, 3.05) is 26.2 Å². The first kappa shape index (κ1) is 16.0. The van der Waals surface area contributed by atoms with Crippen molar-refractivity contribution < 1.29 is 14.3 Å². The quantitative estimate of drug-likeness (QED) is 0.830. The first-order valence-corrected chi connectivity index (χ1v) is 8.39. The van der Waals surface area contributed by atoms with Crippen LogP contribution in [0.5, 0.6) is 0 Å². The smallest absolute Gasteiger partial charge is 0.227 e. The highest BCUT2D eigenvalue weighted by Gasteiger charge is 2.37. The van der Waals surface area contributed by atoms with Crippen molar-refractivity contribution in [3.05, 3.63) is 35.9 Å². The molecule has 2 heterocycles. The van der Waals surface area contributed by atoms with Crippen LogP contribution in [-0.2, 0) is 20.9 Å². The lowest BCUT2D eigenvalue weighted by Crippen LogP contribution is -2.58. The van der Waals surface area contributed by atoms with Crippen molar-refractivity contribution in [1.29, 1.82) is 0 Å². The zero-order valence-electron chi connectivity index (χ0n) is 13.6. The summed E-state index contributed by atoms with van der Waals surface area (Å²) in [5.74, 6) is 0.308. The van der Waals surface area contributed by atoms with Crippen molar-refractivity contribution in [3.63, 3.8) is 0 Å². The third kappa shape index (κ3) is 3.72. The first-order valence-electron chi connectivity index (χ1n) is 8.39. The molecule has 5 nitrogen and oxygen atoms in total. The summed E-state index contributed by atoms with van der Waals surface area (Å²) in [7, 11) is 0. The number of rotatable bonds is 5. The molecule has 1 atom stereocenters. The van der Waals surface area contributed by atoms with Gasteiger partial charge in [0.05, 0.1) is 18.6 Å². The van der Waals surface area contributed by atoms with Gasteiger partial charge in [0, 0.05) is 32.6 Å². The van der Waals surface area contributed by atoms with Crippen LogP contribution >= 0.6 is 0 Å². The van der Waals surface area contributed by atoms with E-state index in [4.69, 9.17) is 4.74 Å². The Hall–Kier alpha value is -1.88. The molecule has 0 radical (unpaired) electrons. The van der Waals surface area contributed by atoms with E-state index in [1.807, 2.05) is 42.2 Å². The van der Waals surface area contributed by atoms with Gasteiger partial charge in [0.25, 0.3) is 0 Å². The minimum Gasteiger partial charge on any atom is -0.370 e. The largest absolute Gasteiger partial charge is 0.370 e. The third-order valence-corrected chi connectivity index (χ3v) is 4.72. The van der Waals surface area contributed by atoms with E-state index in [2.05, 4.69) is 0 Å². The predicted octanol–water partition coefficient (Wildman–Crippen LogP) is 1.67. The maximum atomic E-state index is 12.5. The van der Waals surface area contributed by atoms with Gasteiger partial charge < -0.3 is 14.5 Å². The molecule has 3 rings (SSSR count). The van der Waals surface area contributed by atoms with E-state index in [1.54, 1.807) is 4.90 Å². The molecular weight excluding hydrogens is 292 g/mol. The van der Waals surface area contributed by atoms with Crippen LogP contribution in [0.15, 0.2) is 30.3 Å². The van der Waals surface area contributed by atoms with E-state index in [1.165, 1.54) is 0 Å². The maximum absolute atomic E-state index is 12.5. The normalized spacial score (nSPS) is 22.1. The van der Waals surface area contributed by atoms with Crippen molar-refractivity contribution in [2.45, 2.75) is 32.5 Å². The Morgan fingerprint density at radius 2 is 1.96 bits per heavy atom. The summed E-state index contributed by atoms with van der Waals surface area (Å²) >= 11 is 0. The number of carbonyl (C=O) groups is 2. The second-order valence-corrected chi connectivity index (χ2v) is 6.33. The van der Waals surface area contributed by atoms with E-state index < -0.39 is 0 Å². The summed E-state index contributed by atoms with van der Waals surface area (Å²) in [6, 6.07) is 10.1. The van der Waals surface area contributed by atoms with Crippen LogP contribution in [0.4, 0.5) is 0 Å². The fourth-order valence-corrected chi connectivity index (χ4v) is 3.19. The molecule has 2 fully saturated rings. The Balaban J connectivity index is 1.42. The molecule has 124 valence electrons. The van der Waals surface area contributed by atoms with E-state index in [0.717, 1.165) is 5.56 Å². The standard InChI is InChI=1S/C18H24N2O3/c1-2-19-10-15(8-9-17(19)21)18(22)20-11-16(12-20)23-13-14-6-4-3-5-7-14/h3-7,15-16H,2,8-13H2,1H3/t15-/m0/s1. The SMILES string of the molecule is CCN1C[C@@H](C(=O)N2CC(OCc3ccccc3)C2)CCC1=O. The number of piperidine rings is 1. The van der Waals surface area contributed by atoms with Crippen LogP contribution in [0.1, 0.15) is 25.3 Å². The molecule has 0 bridgehead atoms. The molecule has 2 amide bonds. The lowest BCUT2D eigenvalue weighted by molar-refractivity contribution is -0.154. The molecule has 0 saturated carbocycles. The molecular formula is C18H24N2O3. The zero-order valence-corrected chi connectivity index (χ0v) is 13.6. The van der Waals surface area contributed by atoms with Crippen LogP contribution in [-0.4, -0.2) is 53.9 Å². The minimum absolute atomic E-state index is 0.0391. The van der Waals surface area contributed by atoms with Crippen LogP contribution in [0.3, 0.4) is 0 Å². The van der Waals surface area contributed by atoms with Crippen LogP contribution in [0.25, 0.3) is 0 Å². The Bertz CT molecular complexity index is 555. The van der Waals surface area contributed by atoms with Crippen molar-refractivity contribution in [1.82, 2.24) is 9.80 Å². The summed E-state index contributed by atoms with van der Waals surface area (Å²) < 4.78 is 5.83. The average molecular weight is 316 g/mol. The molecule has 0 aromatic heterocycles. The molecule has 2 aliphatic rings. The monoisotopic (exact) mass is 316 g/mol. The fraction of sp³-hybridized carbons (Fsp3) is 0.556. The van der Waals surface area contributed by atoms with Gasteiger partial charge in [0.1, 0.15) is 0 Å². The number of likely N-dealkylation sites (tertiary alicyclic amines) is 2. The lowest BCUT2D eigenvalue weighted by Gasteiger charge is -2.42. The van der Waals surface area contributed by atoms with Gasteiger partial charge in [-0.15, -0.1) is 0 Å². The van der Waals surface area contributed by atoms with E-state index in [9.17, 15) is 9.59 Å². The Labute approximate surface area is 137 Å². The van der Waals surface area contributed by atoms with E-state index in [-0.39, 0.29) is 23.8 Å². The van der Waals surface area contributed by atoms with Gasteiger partial charge in [-0.25, -0.2) is 0 Å². The molecule has 23 heavy (non-hydrogen) atoms. The van der Waals surface area contributed by atoms with Crippen molar-refractivity contribution in [3.8, 4) is 0 Å². The number of ether oxygens (including phenoxy) is 1. The average Bonchev–Trinajstić information content (AvgIpc) is 2.54. The molecule has 2 saturated heterocycles. The molecule has 1 aromatic carbocycles. The molecule has 0 N–H and O–H groups in total. The zero-order chi connectivity index (χ0) is 16.2. The predicted molar refractivity (Wildman–Crippen MR) is 86.6 cm³/mol. The molecule has 0 unspecified atom stereocenters. The van der Waals surface area contributed by atoms with Gasteiger partial charge in [0.15, 0.2) is 0 Å². The summed E-state index contributed by atoms with van der Waals surface area (Å²) in [5, 5.41) is 0. The molecule has 0 aliphatic carbocycles. The molecule has 5 heteroatoms. The Kier molecular flexibility index (Phi) is 4.96. The van der Waals surface area contributed by atoms with E-state index >= 15 is 0 Å². The van der Waals surface area contributed by atoms with Crippen molar-refractivity contribution in [2.24, 2.45) is 5.92 Å². The number of nitrogens with zero attached hydrogens (tertiary/aromatic N) is 2. The van der Waals surface area contributed by atoms with Crippen LogP contribution in [0, 0.1) is 5.92 Å². The van der Waals surface area contributed by atoms with Gasteiger partial charge in [-0.1, -0.05) is 30.3 Å². The van der Waals surface area contributed by atoms with E-state index in [0.29, 0.717) is 45.6 Å². The summed E-state index contributed by atoms with van der Waals surface area (Å²) in [6.07, 6.45) is 1.30. The summed E-state index contributed by atoms with van der Waals surface area (Å²) in [6.45, 7) is 5.15. The van der Waals surface area contributed by atoms with Gasteiger partial charge in [-0.05, 0) is 18.9 Å².